The van der Waals surface area contributed by atoms with Crippen LogP contribution < -0.4 is 21.1 Å². The molecular weight excluding hydrogens is 554 g/mol. The average molecular weight is 600 g/mol. The van der Waals surface area contributed by atoms with Gasteiger partial charge in [-0.1, -0.05) is 71.0 Å². The molecule has 2 aromatic rings. The van der Waals surface area contributed by atoms with Crippen LogP contribution in [0.15, 0.2) is 65.1 Å². The van der Waals surface area contributed by atoms with E-state index in [0.717, 1.165) is 5.56 Å². The normalized spacial score (nSPS) is 14.1. The highest BCUT2D eigenvalue weighted by molar-refractivity contribution is 7.90. The number of aryl methyl sites for hydroxylation is 1. The number of likely N-dealkylation sites (N-methyl/N-ethyl adjacent to an activating group) is 2. The number of nitrogens with zero attached hydrogens (tertiary/aromatic N) is 1. The van der Waals surface area contributed by atoms with Crippen LogP contribution in [0.2, 0.25) is 0 Å². The number of hydrogen-bond acceptors (Lipinski definition) is 7. The molecule has 2 rings (SSSR count). The fourth-order valence-corrected chi connectivity index (χ4v) is 5.58. The number of nitrogen functional groups attached to an aromatic ring is 1. The minimum absolute atomic E-state index is 0.0204. The van der Waals surface area contributed by atoms with Crippen molar-refractivity contribution in [2.24, 2.45) is 5.41 Å². The van der Waals surface area contributed by atoms with Gasteiger partial charge in [0.05, 0.1) is 10.9 Å². The molecule has 10 nitrogen and oxygen atoms in total. The Morgan fingerprint density at radius 3 is 2.12 bits per heavy atom. The molecule has 5 N–H and O–H groups in total. The second kappa shape index (κ2) is 13.5. The highest BCUT2D eigenvalue weighted by atomic mass is 32.2. The Kier molecular flexibility index (Phi) is 11.1. The Morgan fingerprint density at radius 2 is 1.60 bits per heavy atom. The minimum Gasteiger partial charge on any atom is -0.399 e. The highest BCUT2D eigenvalue weighted by Crippen LogP contribution is 2.28. The van der Waals surface area contributed by atoms with Gasteiger partial charge in [-0.3, -0.25) is 14.4 Å². The van der Waals surface area contributed by atoms with Gasteiger partial charge in [0, 0.05) is 30.3 Å². The summed E-state index contributed by atoms with van der Waals surface area (Å²) in [7, 11) is -0.846. The monoisotopic (exact) mass is 599 g/mol. The second-order valence-corrected chi connectivity index (χ2v) is 13.9. The quantitative estimate of drug-likeness (QED) is 0.229. The SMILES string of the molecule is CN[C@H](C(=O)NC(C(=O)N(C)C/C=C(\C)C(=O)NS(=O)(=O)c1ccc(N)c(C)c1)C(C)(C)C)C(C)(C)c1ccccc1. The number of nitrogens with two attached hydrogens (primary N) is 1. The number of rotatable bonds is 11. The highest BCUT2D eigenvalue weighted by Gasteiger charge is 2.40. The van der Waals surface area contributed by atoms with E-state index in [0.29, 0.717) is 11.3 Å². The zero-order valence-corrected chi connectivity index (χ0v) is 26.8. The van der Waals surface area contributed by atoms with Crippen molar-refractivity contribution < 1.29 is 22.8 Å². The van der Waals surface area contributed by atoms with Crippen molar-refractivity contribution in [3.63, 3.8) is 0 Å². The van der Waals surface area contributed by atoms with Gasteiger partial charge in [0.2, 0.25) is 11.8 Å². The van der Waals surface area contributed by atoms with Crippen molar-refractivity contribution >= 4 is 33.4 Å². The molecule has 0 heterocycles. The van der Waals surface area contributed by atoms with Crippen molar-refractivity contribution in [3.8, 4) is 0 Å². The molecule has 0 aliphatic rings. The van der Waals surface area contributed by atoms with Gasteiger partial charge >= 0.3 is 0 Å². The van der Waals surface area contributed by atoms with Gasteiger partial charge in [-0.05, 0) is 55.6 Å². The average Bonchev–Trinajstić information content (AvgIpc) is 2.91. The van der Waals surface area contributed by atoms with Crippen molar-refractivity contribution in [2.75, 3.05) is 26.4 Å². The number of carbonyl (C=O) groups excluding carboxylic acids is 3. The number of benzene rings is 2. The molecule has 0 aliphatic carbocycles. The lowest BCUT2D eigenvalue weighted by Crippen LogP contribution is -2.60. The third-order valence-corrected chi connectivity index (χ3v) is 8.70. The Bertz CT molecular complexity index is 1430. The summed E-state index contributed by atoms with van der Waals surface area (Å²) < 4.78 is 27.4. The summed E-state index contributed by atoms with van der Waals surface area (Å²) >= 11 is 0. The maximum atomic E-state index is 13.6. The molecule has 42 heavy (non-hydrogen) atoms. The molecule has 0 saturated heterocycles. The van der Waals surface area contributed by atoms with Gasteiger partial charge in [-0.15, -0.1) is 0 Å². The van der Waals surface area contributed by atoms with Gasteiger partial charge in [-0.2, -0.15) is 0 Å². The van der Waals surface area contributed by atoms with E-state index in [-0.39, 0.29) is 28.8 Å². The van der Waals surface area contributed by atoms with Gasteiger partial charge in [0.25, 0.3) is 15.9 Å². The number of amides is 3. The molecule has 1 unspecified atom stereocenters. The zero-order valence-electron chi connectivity index (χ0n) is 26.0. The van der Waals surface area contributed by atoms with Gasteiger partial charge in [0.1, 0.15) is 6.04 Å². The molecule has 3 amide bonds. The molecule has 0 aromatic heterocycles. The standard InChI is InChI=1S/C31H45N5O5S/c1-20(27(37)35-42(40,41)23-15-16-24(32)21(2)19-23)17-18-36(9)29(39)26(30(3,4)5)34-28(38)25(33-8)31(6,7)22-13-11-10-12-14-22/h10-17,19,25-26,33H,18,32H2,1-9H3,(H,34,38)(H,35,37)/b20-17+/t25-,26?/m1/s1. The van der Waals surface area contributed by atoms with E-state index in [1.165, 1.54) is 36.1 Å². The first-order valence-electron chi connectivity index (χ1n) is 13.7. The predicted molar refractivity (Wildman–Crippen MR) is 166 cm³/mol. The van der Waals surface area contributed by atoms with Crippen molar-refractivity contribution in [3.05, 3.63) is 71.3 Å². The second-order valence-electron chi connectivity index (χ2n) is 12.2. The number of nitrogens with one attached hydrogen (secondary N) is 3. The fraction of sp³-hybridized carbons (Fsp3) is 0.452. The summed E-state index contributed by atoms with van der Waals surface area (Å²) in [6, 6.07) is 12.4. The number of sulfonamides is 1. The topological polar surface area (TPSA) is 151 Å². The van der Waals surface area contributed by atoms with E-state index in [4.69, 9.17) is 5.73 Å². The summed E-state index contributed by atoms with van der Waals surface area (Å²) in [4.78, 5) is 41.1. The van der Waals surface area contributed by atoms with E-state index >= 15 is 0 Å². The Balaban J connectivity index is 2.16. The molecular formula is C31H45N5O5S. The number of carbonyl (C=O) groups is 3. The van der Waals surface area contributed by atoms with Crippen LogP contribution in [0.25, 0.3) is 0 Å². The summed E-state index contributed by atoms with van der Waals surface area (Å²) in [6.07, 6.45) is 1.47. The lowest BCUT2D eigenvalue weighted by molar-refractivity contribution is -0.139. The molecule has 0 aliphatic heterocycles. The number of anilines is 1. The maximum Gasteiger partial charge on any atom is 0.264 e. The first kappa shape index (κ1) is 34.5. The van der Waals surface area contributed by atoms with E-state index in [1.54, 1.807) is 21.0 Å². The molecule has 230 valence electrons. The summed E-state index contributed by atoms with van der Waals surface area (Å²) in [5, 5.41) is 6.06. The Hall–Kier alpha value is -3.70. The largest absolute Gasteiger partial charge is 0.399 e. The molecule has 0 radical (unpaired) electrons. The van der Waals surface area contributed by atoms with Crippen molar-refractivity contribution in [1.82, 2.24) is 20.3 Å². The third kappa shape index (κ3) is 8.42. The molecule has 2 aromatic carbocycles. The van der Waals surface area contributed by atoms with Crippen LogP contribution in [0, 0.1) is 12.3 Å². The maximum absolute atomic E-state index is 13.6. The summed E-state index contributed by atoms with van der Waals surface area (Å²) in [6.45, 7) is 12.7. The van der Waals surface area contributed by atoms with E-state index in [2.05, 4.69) is 10.6 Å². The van der Waals surface area contributed by atoms with Crippen LogP contribution in [0.1, 0.15) is 52.7 Å². The Labute approximate surface area is 250 Å². The first-order valence-corrected chi connectivity index (χ1v) is 15.2. The van der Waals surface area contributed by atoms with Gasteiger partial charge in [0.15, 0.2) is 0 Å². The van der Waals surface area contributed by atoms with Crippen LogP contribution in [0.4, 0.5) is 5.69 Å². The van der Waals surface area contributed by atoms with Gasteiger partial charge in [-0.25, -0.2) is 13.1 Å². The molecule has 0 spiro atoms. The van der Waals surface area contributed by atoms with E-state index in [1.807, 2.05) is 69.7 Å². The molecule has 11 heteroatoms. The lowest BCUT2D eigenvalue weighted by atomic mass is 9.76. The first-order chi connectivity index (χ1) is 19.3. The lowest BCUT2D eigenvalue weighted by Gasteiger charge is -2.38. The van der Waals surface area contributed by atoms with Crippen LogP contribution >= 0.6 is 0 Å². The minimum atomic E-state index is -4.12. The van der Waals surface area contributed by atoms with Crippen LogP contribution in [0.5, 0.6) is 0 Å². The molecule has 0 bridgehead atoms. The molecule has 0 fully saturated rings. The number of hydrogen-bond donors (Lipinski definition) is 4. The van der Waals surface area contributed by atoms with Crippen LogP contribution in [-0.2, 0) is 29.8 Å². The zero-order chi connectivity index (χ0) is 32.0. The van der Waals surface area contributed by atoms with Crippen LogP contribution in [-0.4, -0.2) is 63.8 Å². The van der Waals surface area contributed by atoms with E-state index in [9.17, 15) is 22.8 Å². The van der Waals surface area contributed by atoms with Crippen molar-refractivity contribution in [1.29, 1.82) is 0 Å². The fourth-order valence-electron chi connectivity index (χ4n) is 4.48. The predicted octanol–water partition coefficient (Wildman–Crippen LogP) is 2.88. The van der Waals surface area contributed by atoms with Gasteiger partial charge < -0.3 is 21.3 Å². The summed E-state index contributed by atoms with van der Waals surface area (Å²) in [5.41, 5.74) is 6.66. The molecule has 0 saturated carbocycles. The third-order valence-electron chi connectivity index (χ3n) is 7.37. The Morgan fingerprint density at radius 1 is 1.00 bits per heavy atom. The van der Waals surface area contributed by atoms with Crippen LogP contribution in [0.3, 0.4) is 0 Å². The molecule has 2 atom stereocenters. The smallest absolute Gasteiger partial charge is 0.264 e. The van der Waals surface area contributed by atoms with Crippen molar-refractivity contribution in [2.45, 2.75) is 70.9 Å². The summed E-state index contributed by atoms with van der Waals surface area (Å²) in [5.74, 6) is -1.48. The van der Waals surface area contributed by atoms with E-state index < -0.39 is 38.8 Å².